The van der Waals surface area contributed by atoms with E-state index in [1.54, 1.807) is 37.4 Å². The Bertz CT molecular complexity index is 2260. The molecule has 14 heteroatoms. The zero-order valence-electron chi connectivity index (χ0n) is 29.9. The van der Waals surface area contributed by atoms with Crippen LogP contribution in [0.1, 0.15) is 82.9 Å². The Morgan fingerprint density at radius 1 is 0.889 bits per heavy atom. The number of carbonyl (C=O) groups is 4. The van der Waals surface area contributed by atoms with Gasteiger partial charge in [-0.05, 0) is 73.0 Å². The van der Waals surface area contributed by atoms with Crippen molar-refractivity contribution >= 4 is 29.3 Å². The molecule has 3 aromatic carbocycles. The second kappa shape index (κ2) is 13.8. The Hall–Kier alpha value is -6.44. The molecule has 1 unspecified atom stereocenters. The van der Waals surface area contributed by atoms with Gasteiger partial charge in [-0.25, -0.2) is 9.97 Å². The molecule has 4 amide bonds. The second-order valence-corrected chi connectivity index (χ2v) is 14.2. The number of anilines is 1. The summed E-state index contributed by atoms with van der Waals surface area (Å²) in [5.74, 6) is 0.571. The highest BCUT2D eigenvalue weighted by atomic mass is 16.5. The molecule has 0 bridgehead atoms. The number of fused-ring (bicyclic) bond motifs is 1. The van der Waals surface area contributed by atoms with E-state index >= 15 is 0 Å². The Morgan fingerprint density at radius 3 is 2.28 bits per heavy atom. The molecule has 2 fully saturated rings. The Balaban J connectivity index is 0.822. The highest BCUT2D eigenvalue weighted by Crippen LogP contribution is 2.36. The van der Waals surface area contributed by atoms with Crippen molar-refractivity contribution in [2.75, 3.05) is 5.32 Å². The van der Waals surface area contributed by atoms with Crippen LogP contribution in [0.3, 0.4) is 0 Å². The van der Waals surface area contributed by atoms with E-state index in [9.17, 15) is 19.2 Å². The molecule has 4 heterocycles. The molecule has 2 aromatic heterocycles. The number of carbonyl (C=O) groups excluding carboxylic acids is 4. The number of rotatable bonds is 11. The summed E-state index contributed by atoms with van der Waals surface area (Å²) < 4.78 is 17.4. The number of nitrogens with zero attached hydrogens (tertiary/aromatic N) is 5. The average molecular weight is 728 g/mol. The summed E-state index contributed by atoms with van der Waals surface area (Å²) >= 11 is 0. The lowest BCUT2D eigenvalue weighted by molar-refractivity contribution is -0.136. The van der Waals surface area contributed by atoms with Crippen molar-refractivity contribution in [3.05, 3.63) is 113 Å². The molecule has 1 atom stereocenters. The molecule has 1 aliphatic carbocycles. The van der Waals surface area contributed by atoms with Gasteiger partial charge in [0.05, 0.1) is 16.8 Å². The van der Waals surface area contributed by atoms with Gasteiger partial charge in [0, 0.05) is 42.6 Å². The summed E-state index contributed by atoms with van der Waals surface area (Å²) in [6.07, 6.45) is 3.41. The number of hydrogen-bond donors (Lipinski definition) is 2. The van der Waals surface area contributed by atoms with Gasteiger partial charge in [0.25, 0.3) is 17.7 Å². The topological polar surface area (TPSA) is 179 Å². The monoisotopic (exact) mass is 727 g/mol. The van der Waals surface area contributed by atoms with E-state index in [2.05, 4.69) is 68.9 Å². The molecule has 5 aromatic rings. The summed E-state index contributed by atoms with van der Waals surface area (Å²) in [6.45, 7) is 6.35. The van der Waals surface area contributed by atoms with Gasteiger partial charge in [0.2, 0.25) is 17.6 Å². The van der Waals surface area contributed by atoms with Gasteiger partial charge in [0.1, 0.15) is 30.3 Å². The molecular formula is C40H37N7O7. The smallest absolute Gasteiger partial charge is 0.295 e. The van der Waals surface area contributed by atoms with E-state index in [-0.39, 0.29) is 54.0 Å². The molecule has 1 saturated heterocycles. The van der Waals surface area contributed by atoms with Crippen LogP contribution >= 0.6 is 0 Å². The summed E-state index contributed by atoms with van der Waals surface area (Å²) in [4.78, 5) is 63.9. The van der Waals surface area contributed by atoms with Crippen molar-refractivity contribution in [1.82, 2.24) is 30.3 Å². The number of piperidine rings is 1. The first-order valence-corrected chi connectivity index (χ1v) is 17.8. The molecule has 0 spiro atoms. The van der Waals surface area contributed by atoms with Crippen molar-refractivity contribution in [3.8, 4) is 23.2 Å². The summed E-state index contributed by atoms with van der Waals surface area (Å²) in [6, 6.07) is 22.2. The Morgan fingerprint density at radius 2 is 1.59 bits per heavy atom. The number of ether oxygens (including phenoxy) is 2. The number of benzene rings is 3. The maximum absolute atomic E-state index is 13.2. The minimum Gasteiger partial charge on any atom is -0.490 e. The fourth-order valence-electron chi connectivity index (χ4n) is 6.98. The van der Waals surface area contributed by atoms with Crippen molar-refractivity contribution in [2.45, 2.75) is 76.7 Å². The predicted molar refractivity (Wildman–Crippen MR) is 194 cm³/mol. The standard InChI is InChI=1S/C40H37N7O7/c1-22-42-37(54-46-22)35-41-17-16-26(44-35)21-52-28-9-4-23(5-10-28)40(2,3)24-6-11-29(12-7-24)53-30-18-27(19-30)43-25-8-13-31-32(20-25)39(51)47(38(31)50)33-14-15-34(48)45-36(33)49/h4-13,16-17,20,27,30,33,43H,14-15,18-19,21H2,1-3H3,(H,45,48,49)/t27-,30+,33?. The van der Waals surface area contributed by atoms with Gasteiger partial charge >= 0.3 is 0 Å². The molecular weight excluding hydrogens is 690 g/mol. The molecule has 54 heavy (non-hydrogen) atoms. The molecule has 2 aliphatic heterocycles. The third-order valence-corrected chi connectivity index (χ3v) is 10.2. The van der Waals surface area contributed by atoms with Gasteiger partial charge in [-0.3, -0.25) is 29.4 Å². The van der Waals surface area contributed by atoms with Crippen LogP contribution in [0.25, 0.3) is 11.7 Å². The number of amides is 4. The minimum atomic E-state index is -0.990. The fourth-order valence-corrected chi connectivity index (χ4v) is 6.98. The van der Waals surface area contributed by atoms with E-state index in [0.717, 1.165) is 40.4 Å². The SMILES string of the molecule is Cc1noc(-c2nccc(COc3ccc(C(C)(C)c4ccc(O[C@H]5C[C@@H](Nc6ccc7c(c6)C(=O)N(C6CCC(=O)NC6=O)C7=O)C5)cc4)cc3)n2)n1. The van der Waals surface area contributed by atoms with Crippen LogP contribution in [0.15, 0.2) is 83.5 Å². The molecule has 2 N–H and O–H groups in total. The van der Waals surface area contributed by atoms with E-state index in [0.29, 0.717) is 23.0 Å². The van der Waals surface area contributed by atoms with Gasteiger partial charge < -0.3 is 19.3 Å². The van der Waals surface area contributed by atoms with Gasteiger partial charge in [0.15, 0.2) is 5.82 Å². The van der Waals surface area contributed by atoms with Gasteiger partial charge in [-0.1, -0.05) is 43.3 Å². The largest absolute Gasteiger partial charge is 0.490 e. The zero-order valence-corrected chi connectivity index (χ0v) is 29.9. The van der Waals surface area contributed by atoms with E-state index in [1.807, 2.05) is 24.3 Å². The van der Waals surface area contributed by atoms with Crippen LogP contribution in [0, 0.1) is 6.92 Å². The molecule has 14 nitrogen and oxygen atoms in total. The minimum absolute atomic E-state index is 0.0338. The zero-order chi connectivity index (χ0) is 37.6. The Kier molecular flexibility index (Phi) is 8.88. The molecule has 274 valence electrons. The fraction of sp³-hybridized carbons (Fsp3) is 0.300. The number of aromatic nitrogens is 4. The number of imide groups is 2. The highest BCUT2D eigenvalue weighted by Gasteiger charge is 2.45. The number of hydrogen-bond acceptors (Lipinski definition) is 12. The highest BCUT2D eigenvalue weighted by molar-refractivity contribution is 6.23. The quantitative estimate of drug-likeness (QED) is 0.171. The molecule has 0 radical (unpaired) electrons. The van der Waals surface area contributed by atoms with Gasteiger partial charge in [-0.15, -0.1) is 0 Å². The van der Waals surface area contributed by atoms with Crippen LogP contribution in [0.2, 0.25) is 0 Å². The molecule has 3 aliphatic rings. The first-order chi connectivity index (χ1) is 26.0. The Labute approximate surface area is 310 Å². The lowest BCUT2D eigenvalue weighted by atomic mass is 9.78. The first kappa shape index (κ1) is 34.6. The van der Waals surface area contributed by atoms with Crippen LogP contribution in [0.5, 0.6) is 11.5 Å². The van der Waals surface area contributed by atoms with Crippen molar-refractivity contribution < 1.29 is 33.2 Å². The van der Waals surface area contributed by atoms with E-state index in [4.69, 9.17) is 14.0 Å². The average Bonchev–Trinajstić information content (AvgIpc) is 3.70. The maximum Gasteiger partial charge on any atom is 0.295 e. The molecule has 8 rings (SSSR count). The van der Waals surface area contributed by atoms with Crippen molar-refractivity contribution in [3.63, 3.8) is 0 Å². The summed E-state index contributed by atoms with van der Waals surface area (Å²) in [5, 5.41) is 9.45. The normalized spacial score (nSPS) is 19.6. The second-order valence-electron chi connectivity index (χ2n) is 14.2. The first-order valence-electron chi connectivity index (χ1n) is 17.8. The summed E-state index contributed by atoms with van der Waals surface area (Å²) in [5.41, 5.74) is 3.91. The maximum atomic E-state index is 13.2. The van der Waals surface area contributed by atoms with Crippen molar-refractivity contribution in [2.24, 2.45) is 0 Å². The lowest BCUT2D eigenvalue weighted by Crippen LogP contribution is -2.54. The number of nitrogens with one attached hydrogen (secondary N) is 2. The third kappa shape index (κ3) is 6.77. The van der Waals surface area contributed by atoms with Crippen LogP contribution in [-0.2, 0) is 21.6 Å². The number of aryl methyl sites for hydroxylation is 1. The van der Waals surface area contributed by atoms with E-state index in [1.165, 1.54) is 0 Å². The van der Waals surface area contributed by atoms with Gasteiger partial charge in [-0.2, -0.15) is 4.98 Å². The third-order valence-electron chi connectivity index (χ3n) is 10.2. The predicted octanol–water partition coefficient (Wildman–Crippen LogP) is 5.16. The van der Waals surface area contributed by atoms with Crippen molar-refractivity contribution in [1.29, 1.82) is 0 Å². The lowest BCUT2D eigenvalue weighted by Gasteiger charge is -2.36. The van der Waals surface area contributed by atoms with Crippen LogP contribution in [-0.4, -0.2) is 66.8 Å². The summed E-state index contributed by atoms with van der Waals surface area (Å²) in [7, 11) is 0. The molecule has 1 saturated carbocycles. The van der Waals surface area contributed by atoms with Crippen LogP contribution < -0.4 is 20.1 Å². The van der Waals surface area contributed by atoms with Crippen LogP contribution in [0.4, 0.5) is 5.69 Å². The van der Waals surface area contributed by atoms with E-state index < -0.39 is 29.7 Å².